The number of H-pyrrole nitrogens is 2. The molecule has 4 rings (SSSR count). The van der Waals surface area contributed by atoms with Crippen LogP contribution >= 0.6 is 0 Å². The van der Waals surface area contributed by atoms with Crippen LogP contribution in [0.5, 0.6) is 11.5 Å². The van der Waals surface area contributed by atoms with E-state index in [0.717, 1.165) is 28.1 Å². The van der Waals surface area contributed by atoms with Crippen LogP contribution in [-0.4, -0.2) is 9.97 Å². The molecule has 0 aliphatic carbocycles. The Morgan fingerprint density at radius 1 is 0.783 bits per heavy atom. The Morgan fingerprint density at radius 2 is 1.57 bits per heavy atom. The van der Waals surface area contributed by atoms with Crippen molar-refractivity contribution < 1.29 is 4.74 Å². The molecule has 0 unspecified atom stereocenters. The Bertz CT molecular complexity index is 1020. The summed E-state index contributed by atoms with van der Waals surface area (Å²) < 4.78 is 6.01. The second kappa shape index (κ2) is 5.50. The average molecular weight is 302 g/mol. The molecule has 23 heavy (non-hydrogen) atoms. The molecule has 0 saturated carbocycles. The molecule has 0 amide bonds. The molecule has 0 fully saturated rings. The zero-order valence-electron chi connectivity index (χ0n) is 12.2. The van der Waals surface area contributed by atoms with E-state index in [9.17, 15) is 4.79 Å². The third-order valence-corrected chi connectivity index (χ3v) is 3.76. The van der Waals surface area contributed by atoms with Crippen molar-refractivity contribution in [1.29, 1.82) is 0 Å². The average Bonchev–Trinajstić information content (AvgIpc) is 3.02. The summed E-state index contributed by atoms with van der Waals surface area (Å²) in [5.74, 6) is 1.51. The summed E-state index contributed by atoms with van der Waals surface area (Å²) in [6, 6.07) is 19.3. The fraction of sp³-hybridized carbons (Fsp3) is 0. The Balaban J connectivity index is 1.86. The van der Waals surface area contributed by atoms with Crippen molar-refractivity contribution in [2.45, 2.75) is 0 Å². The summed E-state index contributed by atoms with van der Waals surface area (Å²) in [6.07, 6.45) is 3.38. The lowest BCUT2D eigenvalue weighted by atomic mass is 10.1. The SMILES string of the molecule is O=c1[nH]ccc2c(-c3ccccc3Oc3ccccc3)[nH]cc12. The van der Waals surface area contributed by atoms with Crippen LogP contribution < -0.4 is 10.3 Å². The van der Waals surface area contributed by atoms with Crippen LogP contribution in [-0.2, 0) is 0 Å². The molecule has 0 bridgehead atoms. The largest absolute Gasteiger partial charge is 0.457 e. The molecule has 4 nitrogen and oxygen atoms in total. The van der Waals surface area contributed by atoms with Crippen molar-refractivity contribution in [3.8, 4) is 22.8 Å². The highest BCUT2D eigenvalue weighted by molar-refractivity contribution is 5.96. The number of para-hydroxylation sites is 2. The number of fused-ring (bicyclic) bond motifs is 1. The highest BCUT2D eigenvalue weighted by atomic mass is 16.5. The first-order valence-corrected chi connectivity index (χ1v) is 7.34. The highest BCUT2D eigenvalue weighted by Crippen LogP contribution is 2.35. The van der Waals surface area contributed by atoms with Crippen molar-refractivity contribution in [1.82, 2.24) is 9.97 Å². The third kappa shape index (κ3) is 2.40. The number of hydrogen-bond acceptors (Lipinski definition) is 2. The van der Waals surface area contributed by atoms with Crippen molar-refractivity contribution >= 4 is 10.8 Å². The van der Waals surface area contributed by atoms with E-state index in [1.54, 1.807) is 12.4 Å². The Hall–Kier alpha value is -3.27. The van der Waals surface area contributed by atoms with Gasteiger partial charge in [0.05, 0.1) is 11.1 Å². The van der Waals surface area contributed by atoms with E-state index in [4.69, 9.17) is 4.74 Å². The first-order valence-electron chi connectivity index (χ1n) is 7.34. The lowest BCUT2D eigenvalue weighted by Gasteiger charge is -2.10. The first kappa shape index (κ1) is 13.4. The molecule has 0 saturated heterocycles. The van der Waals surface area contributed by atoms with Gasteiger partial charge in [-0.15, -0.1) is 0 Å². The minimum absolute atomic E-state index is 0.105. The summed E-state index contributed by atoms with van der Waals surface area (Å²) in [5, 5.41) is 1.51. The lowest BCUT2D eigenvalue weighted by molar-refractivity contribution is 0.484. The van der Waals surface area contributed by atoms with Crippen molar-refractivity contribution in [3.63, 3.8) is 0 Å². The van der Waals surface area contributed by atoms with Gasteiger partial charge in [0, 0.05) is 23.3 Å². The molecule has 2 aromatic carbocycles. The van der Waals surface area contributed by atoms with Crippen LogP contribution in [0.3, 0.4) is 0 Å². The maximum absolute atomic E-state index is 11.9. The van der Waals surface area contributed by atoms with Gasteiger partial charge in [0.25, 0.3) is 5.56 Å². The van der Waals surface area contributed by atoms with Gasteiger partial charge >= 0.3 is 0 Å². The molecule has 0 aliphatic heterocycles. The van der Waals surface area contributed by atoms with Gasteiger partial charge in [-0.1, -0.05) is 30.3 Å². The topological polar surface area (TPSA) is 57.9 Å². The van der Waals surface area contributed by atoms with Crippen LogP contribution in [0.2, 0.25) is 0 Å². The predicted molar refractivity (Wildman–Crippen MR) is 90.9 cm³/mol. The zero-order valence-corrected chi connectivity index (χ0v) is 12.2. The van der Waals surface area contributed by atoms with Gasteiger partial charge in [0.15, 0.2) is 0 Å². The van der Waals surface area contributed by atoms with E-state index in [-0.39, 0.29) is 5.56 Å². The third-order valence-electron chi connectivity index (χ3n) is 3.76. The highest BCUT2D eigenvalue weighted by Gasteiger charge is 2.13. The van der Waals surface area contributed by atoms with Gasteiger partial charge < -0.3 is 14.7 Å². The number of pyridine rings is 1. The Labute approximate surface area is 132 Å². The predicted octanol–water partition coefficient (Wildman–Crippen LogP) is 4.32. The number of hydrogen-bond donors (Lipinski definition) is 2. The van der Waals surface area contributed by atoms with E-state index < -0.39 is 0 Å². The molecule has 2 aromatic heterocycles. The number of rotatable bonds is 3. The number of benzene rings is 2. The van der Waals surface area contributed by atoms with Gasteiger partial charge in [-0.05, 0) is 30.3 Å². The van der Waals surface area contributed by atoms with Gasteiger partial charge in [-0.25, -0.2) is 0 Å². The van der Waals surface area contributed by atoms with Gasteiger partial charge in [-0.3, -0.25) is 4.79 Å². The van der Waals surface area contributed by atoms with E-state index >= 15 is 0 Å². The number of ether oxygens (including phenoxy) is 1. The number of aromatic nitrogens is 2. The van der Waals surface area contributed by atoms with E-state index in [0.29, 0.717) is 5.39 Å². The number of aromatic amines is 2. The van der Waals surface area contributed by atoms with Crippen molar-refractivity contribution in [3.05, 3.63) is 83.4 Å². The van der Waals surface area contributed by atoms with Crippen molar-refractivity contribution in [2.24, 2.45) is 0 Å². The van der Waals surface area contributed by atoms with Crippen molar-refractivity contribution in [2.75, 3.05) is 0 Å². The van der Waals surface area contributed by atoms with Crippen LogP contribution in [0, 0.1) is 0 Å². The monoisotopic (exact) mass is 302 g/mol. The summed E-state index contributed by atoms with van der Waals surface area (Å²) in [4.78, 5) is 17.8. The molecule has 4 aromatic rings. The molecule has 0 atom stereocenters. The quantitative estimate of drug-likeness (QED) is 0.592. The minimum Gasteiger partial charge on any atom is -0.457 e. The molecule has 2 N–H and O–H groups in total. The maximum Gasteiger partial charge on any atom is 0.257 e. The van der Waals surface area contributed by atoms with E-state index in [2.05, 4.69) is 9.97 Å². The maximum atomic E-state index is 11.9. The zero-order chi connectivity index (χ0) is 15.6. The molecular weight excluding hydrogens is 288 g/mol. The Kier molecular flexibility index (Phi) is 3.20. The second-order valence-electron chi connectivity index (χ2n) is 5.21. The van der Waals surface area contributed by atoms with Crippen LogP contribution in [0.15, 0.2) is 77.9 Å². The summed E-state index contributed by atoms with van der Waals surface area (Å²) >= 11 is 0. The van der Waals surface area contributed by atoms with Crippen LogP contribution in [0.1, 0.15) is 0 Å². The Morgan fingerprint density at radius 3 is 2.43 bits per heavy atom. The fourth-order valence-corrected chi connectivity index (χ4v) is 2.67. The van der Waals surface area contributed by atoms with E-state index in [1.807, 2.05) is 60.7 Å². The molecule has 0 aliphatic rings. The van der Waals surface area contributed by atoms with Crippen LogP contribution in [0.4, 0.5) is 0 Å². The van der Waals surface area contributed by atoms with Gasteiger partial charge in [-0.2, -0.15) is 0 Å². The standard InChI is InChI=1S/C19H14N2O2/c22-19-16-12-21-18(14(16)10-11-20-19)15-8-4-5-9-17(15)23-13-6-2-1-3-7-13/h1-12,21H,(H,20,22). The molecule has 2 heterocycles. The molecule has 4 heteroatoms. The summed E-state index contributed by atoms with van der Waals surface area (Å²) in [5.41, 5.74) is 1.68. The van der Waals surface area contributed by atoms with Gasteiger partial charge in [0.2, 0.25) is 0 Å². The molecule has 112 valence electrons. The normalized spacial score (nSPS) is 10.8. The van der Waals surface area contributed by atoms with Gasteiger partial charge in [0.1, 0.15) is 11.5 Å². The molecule has 0 spiro atoms. The van der Waals surface area contributed by atoms with E-state index in [1.165, 1.54) is 0 Å². The minimum atomic E-state index is -0.105. The molecular formula is C19H14N2O2. The van der Waals surface area contributed by atoms with Crippen LogP contribution in [0.25, 0.3) is 22.0 Å². The first-order chi connectivity index (χ1) is 11.3. The smallest absolute Gasteiger partial charge is 0.257 e. The lowest BCUT2D eigenvalue weighted by Crippen LogP contribution is -2.02. The second-order valence-corrected chi connectivity index (χ2v) is 5.21. The molecule has 0 radical (unpaired) electrons. The summed E-state index contributed by atoms with van der Waals surface area (Å²) in [7, 11) is 0. The fourth-order valence-electron chi connectivity index (χ4n) is 2.67. The number of nitrogens with one attached hydrogen (secondary N) is 2. The summed E-state index contributed by atoms with van der Waals surface area (Å²) in [6.45, 7) is 0.